The molecule has 2 aliphatic heterocycles. The molecule has 1 saturated heterocycles. The van der Waals surface area contributed by atoms with E-state index in [1.807, 2.05) is 6.07 Å². The Bertz CT molecular complexity index is 692. The molecule has 1 N–H and O–H groups in total. The second-order valence-electron chi connectivity index (χ2n) is 6.99. The van der Waals surface area contributed by atoms with Gasteiger partial charge in [0.05, 0.1) is 13.2 Å². The fourth-order valence-electron chi connectivity index (χ4n) is 2.90. The lowest BCUT2D eigenvalue weighted by Crippen LogP contribution is -2.48. The molecule has 0 bridgehead atoms. The third-order valence-corrected chi connectivity index (χ3v) is 4.40. The highest BCUT2D eigenvalue weighted by atomic mass is 16.5. The number of para-hydroxylation sites is 1. The van der Waals surface area contributed by atoms with Crippen LogP contribution in [-0.2, 0) is 15.1 Å². The van der Waals surface area contributed by atoms with Crippen molar-refractivity contribution in [2.24, 2.45) is 5.41 Å². The molecule has 6 heteroatoms. The van der Waals surface area contributed by atoms with Crippen molar-refractivity contribution < 1.29 is 19.1 Å². The molecule has 0 unspecified atom stereocenters. The van der Waals surface area contributed by atoms with E-state index < -0.39 is 17.0 Å². The van der Waals surface area contributed by atoms with Gasteiger partial charge in [-0.1, -0.05) is 39.0 Å². The molecule has 3 rings (SSSR count). The highest BCUT2D eigenvalue weighted by Gasteiger charge is 2.55. The largest absolute Gasteiger partial charge is 0.493 e. The lowest BCUT2D eigenvalue weighted by atomic mass is 9.84. The van der Waals surface area contributed by atoms with Gasteiger partial charge in [-0.3, -0.25) is 14.5 Å². The van der Waals surface area contributed by atoms with Crippen LogP contribution >= 0.6 is 0 Å². The zero-order chi connectivity index (χ0) is 16.8. The predicted octanol–water partition coefficient (Wildman–Crippen LogP) is 1.83. The van der Waals surface area contributed by atoms with Crippen molar-refractivity contribution in [1.29, 1.82) is 0 Å². The smallest absolute Gasteiger partial charge is 0.325 e. The van der Waals surface area contributed by atoms with Gasteiger partial charge < -0.3 is 10.1 Å². The summed E-state index contributed by atoms with van der Waals surface area (Å²) < 4.78 is 5.58. The van der Waals surface area contributed by atoms with E-state index in [1.54, 1.807) is 39.0 Å². The number of urea groups is 1. The molecule has 1 fully saturated rings. The molecule has 0 aromatic heterocycles. The molecule has 122 valence electrons. The van der Waals surface area contributed by atoms with Gasteiger partial charge in [-0.05, 0) is 6.07 Å². The van der Waals surface area contributed by atoms with Crippen molar-refractivity contribution in [2.75, 3.05) is 13.2 Å². The number of imide groups is 1. The lowest BCUT2D eigenvalue weighted by Gasteiger charge is -2.33. The Labute approximate surface area is 134 Å². The van der Waals surface area contributed by atoms with E-state index in [-0.39, 0.29) is 18.2 Å². The SMILES string of the molecule is CC(C)(C)C(=O)CN1C(=O)N[C@]2(CCOc3ccccc32)C1=O. The number of hydrogen-bond acceptors (Lipinski definition) is 4. The van der Waals surface area contributed by atoms with Crippen molar-refractivity contribution >= 4 is 17.7 Å². The van der Waals surface area contributed by atoms with E-state index in [2.05, 4.69) is 5.32 Å². The van der Waals surface area contributed by atoms with Crippen LogP contribution in [0.2, 0.25) is 0 Å². The minimum absolute atomic E-state index is 0.154. The van der Waals surface area contributed by atoms with Crippen molar-refractivity contribution in [2.45, 2.75) is 32.7 Å². The molecular formula is C17H20N2O4. The number of Topliss-reactive ketones (excluding diaryl/α,β-unsaturated/α-hetero) is 1. The number of nitrogens with one attached hydrogen (secondary N) is 1. The minimum Gasteiger partial charge on any atom is -0.493 e. The maximum atomic E-state index is 13.0. The number of carbonyl (C=O) groups excluding carboxylic acids is 3. The first-order chi connectivity index (χ1) is 10.8. The van der Waals surface area contributed by atoms with Gasteiger partial charge in [0, 0.05) is 17.4 Å². The molecule has 1 aromatic rings. The Morgan fingerprint density at radius 1 is 1.30 bits per heavy atom. The maximum Gasteiger partial charge on any atom is 0.325 e. The molecule has 23 heavy (non-hydrogen) atoms. The van der Waals surface area contributed by atoms with Crippen molar-refractivity contribution in [3.05, 3.63) is 29.8 Å². The van der Waals surface area contributed by atoms with Crippen LogP contribution in [0.3, 0.4) is 0 Å². The Hall–Kier alpha value is -2.37. The Morgan fingerprint density at radius 2 is 2.00 bits per heavy atom. The second kappa shape index (κ2) is 5.08. The molecule has 1 atom stereocenters. The van der Waals surface area contributed by atoms with Gasteiger partial charge in [0.1, 0.15) is 5.75 Å². The normalized spacial score (nSPS) is 23.5. The lowest BCUT2D eigenvalue weighted by molar-refractivity contribution is -0.137. The first-order valence-corrected chi connectivity index (χ1v) is 7.65. The number of rotatable bonds is 2. The van der Waals surface area contributed by atoms with Crippen LogP contribution in [0.4, 0.5) is 4.79 Å². The summed E-state index contributed by atoms with van der Waals surface area (Å²) in [6.07, 6.45) is 0.356. The highest BCUT2D eigenvalue weighted by Crippen LogP contribution is 2.41. The minimum atomic E-state index is -1.12. The number of fused-ring (bicyclic) bond motifs is 2. The van der Waals surface area contributed by atoms with Crippen molar-refractivity contribution in [3.63, 3.8) is 0 Å². The van der Waals surface area contributed by atoms with Gasteiger partial charge >= 0.3 is 6.03 Å². The fourth-order valence-corrected chi connectivity index (χ4v) is 2.90. The molecule has 2 aliphatic rings. The number of amides is 3. The summed E-state index contributed by atoms with van der Waals surface area (Å²) in [6, 6.07) is 6.65. The van der Waals surface area contributed by atoms with E-state index in [4.69, 9.17) is 4.74 Å². The zero-order valence-electron chi connectivity index (χ0n) is 13.5. The summed E-state index contributed by atoms with van der Waals surface area (Å²) in [5.41, 5.74) is -1.08. The number of ether oxygens (including phenoxy) is 1. The van der Waals surface area contributed by atoms with E-state index in [1.165, 1.54) is 0 Å². The van der Waals surface area contributed by atoms with Crippen molar-refractivity contribution in [3.8, 4) is 5.75 Å². The van der Waals surface area contributed by atoms with E-state index in [0.717, 1.165) is 4.90 Å². The molecule has 1 aromatic carbocycles. The number of carbonyl (C=O) groups is 3. The third-order valence-electron chi connectivity index (χ3n) is 4.40. The highest BCUT2D eigenvalue weighted by molar-refractivity contribution is 6.10. The number of benzene rings is 1. The van der Waals surface area contributed by atoms with E-state index in [0.29, 0.717) is 24.3 Å². The number of nitrogens with zero attached hydrogens (tertiary/aromatic N) is 1. The first kappa shape index (κ1) is 15.5. The van der Waals surface area contributed by atoms with Crippen LogP contribution in [0.1, 0.15) is 32.8 Å². The van der Waals surface area contributed by atoms with Gasteiger partial charge in [-0.25, -0.2) is 4.79 Å². The molecule has 6 nitrogen and oxygen atoms in total. The van der Waals surface area contributed by atoms with Gasteiger partial charge in [-0.2, -0.15) is 0 Å². The fraction of sp³-hybridized carbons (Fsp3) is 0.471. The standard InChI is InChI=1S/C17H20N2O4/c1-16(2,3)13(20)10-19-14(21)17(18-15(19)22)8-9-23-12-7-5-4-6-11(12)17/h4-7H,8-10H2,1-3H3,(H,18,22)/t17-/m0/s1. The predicted molar refractivity (Wildman–Crippen MR) is 82.9 cm³/mol. The van der Waals surface area contributed by atoms with Crippen LogP contribution in [0.15, 0.2) is 24.3 Å². The number of hydrogen-bond donors (Lipinski definition) is 1. The Balaban J connectivity index is 1.95. The summed E-state index contributed by atoms with van der Waals surface area (Å²) in [5, 5.41) is 2.79. The summed E-state index contributed by atoms with van der Waals surface area (Å²) in [6.45, 7) is 5.44. The van der Waals surface area contributed by atoms with Gasteiger partial charge in [0.2, 0.25) is 0 Å². The average molecular weight is 316 g/mol. The molecular weight excluding hydrogens is 296 g/mol. The average Bonchev–Trinajstić information content (AvgIpc) is 2.72. The molecule has 0 aliphatic carbocycles. The third kappa shape index (κ3) is 2.38. The molecule has 0 saturated carbocycles. The monoisotopic (exact) mass is 316 g/mol. The van der Waals surface area contributed by atoms with Gasteiger partial charge in [0.15, 0.2) is 11.3 Å². The Morgan fingerprint density at radius 3 is 2.70 bits per heavy atom. The van der Waals surface area contributed by atoms with Gasteiger partial charge in [-0.15, -0.1) is 0 Å². The molecule has 2 heterocycles. The topological polar surface area (TPSA) is 75.7 Å². The van der Waals surface area contributed by atoms with E-state index in [9.17, 15) is 14.4 Å². The molecule has 1 spiro atoms. The van der Waals surface area contributed by atoms with Gasteiger partial charge in [0.25, 0.3) is 5.91 Å². The van der Waals surface area contributed by atoms with E-state index >= 15 is 0 Å². The number of ketones is 1. The van der Waals surface area contributed by atoms with Crippen LogP contribution in [-0.4, -0.2) is 35.8 Å². The van der Waals surface area contributed by atoms with Crippen LogP contribution < -0.4 is 10.1 Å². The zero-order valence-corrected chi connectivity index (χ0v) is 13.5. The van der Waals surface area contributed by atoms with Crippen molar-refractivity contribution in [1.82, 2.24) is 10.2 Å². The summed E-state index contributed by atoms with van der Waals surface area (Å²) >= 11 is 0. The maximum absolute atomic E-state index is 13.0. The summed E-state index contributed by atoms with van der Waals surface area (Å²) in [7, 11) is 0. The quantitative estimate of drug-likeness (QED) is 0.845. The molecule has 3 amide bonds. The summed E-state index contributed by atoms with van der Waals surface area (Å²) in [4.78, 5) is 38.5. The molecule has 0 radical (unpaired) electrons. The van der Waals surface area contributed by atoms with Crippen LogP contribution in [0.5, 0.6) is 5.75 Å². The van der Waals surface area contributed by atoms with Crippen LogP contribution in [0.25, 0.3) is 0 Å². The summed E-state index contributed by atoms with van der Waals surface area (Å²) in [5.74, 6) is 0.0608. The Kier molecular flexibility index (Phi) is 3.43. The second-order valence-corrected chi connectivity index (χ2v) is 6.99. The van der Waals surface area contributed by atoms with Crippen LogP contribution in [0, 0.1) is 5.41 Å². The first-order valence-electron chi connectivity index (χ1n) is 7.65.